The molecule has 0 spiro atoms. The van der Waals surface area contributed by atoms with Crippen molar-refractivity contribution >= 4 is 34.5 Å². The molecule has 4 nitrogen and oxygen atoms in total. The summed E-state index contributed by atoms with van der Waals surface area (Å²) in [7, 11) is 1.80. The molecule has 0 atom stereocenters. The maximum Gasteiger partial charge on any atom is 0.175 e. The van der Waals surface area contributed by atoms with Crippen molar-refractivity contribution in [2.75, 3.05) is 11.9 Å². The minimum absolute atomic E-state index is 0.0835. The number of thiophene rings is 1. The van der Waals surface area contributed by atoms with Crippen LogP contribution in [-0.4, -0.2) is 18.1 Å². The fourth-order valence-corrected chi connectivity index (χ4v) is 3.03. The van der Waals surface area contributed by atoms with E-state index in [9.17, 15) is 4.39 Å². The molecule has 1 aromatic carbocycles. The Morgan fingerprint density at radius 1 is 1.45 bits per heavy atom. The van der Waals surface area contributed by atoms with Crippen LogP contribution in [0.5, 0.6) is 0 Å². The molecule has 0 unspecified atom stereocenters. The van der Waals surface area contributed by atoms with E-state index in [1.807, 2.05) is 17.0 Å². The Bertz CT molecular complexity index is 644. The van der Waals surface area contributed by atoms with Gasteiger partial charge >= 0.3 is 0 Å². The van der Waals surface area contributed by atoms with Crippen LogP contribution in [0.3, 0.4) is 0 Å². The minimum Gasteiger partial charge on any atom is -0.409 e. The first-order chi connectivity index (χ1) is 9.52. The van der Waals surface area contributed by atoms with Gasteiger partial charge in [-0.25, -0.2) is 4.39 Å². The van der Waals surface area contributed by atoms with Crippen molar-refractivity contribution in [3.63, 3.8) is 0 Å². The van der Waals surface area contributed by atoms with Crippen LogP contribution in [0.4, 0.5) is 10.1 Å². The van der Waals surface area contributed by atoms with Crippen molar-refractivity contribution in [3.05, 3.63) is 50.9 Å². The Balaban J connectivity index is 2.34. The van der Waals surface area contributed by atoms with Gasteiger partial charge in [-0.1, -0.05) is 22.8 Å². The lowest BCUT2D eigenvalue weighted by Gasteiger charge is -2.21. The van der Waals surface area contributed by atoms with E-state index >= 15 is 0 Å². The number of halogens is 2. The van der Waals surface area contributed by atoms with Gasteiger partial charge in [-0.05, 0) is 24.3 Å². The molecule has 0 bridgehead atoms. The summed E-state index contributed by atoms with van der Waals surface area (Å²) in [5, 5.41) is 11.7. The number of anilines is 1. The number of nitrogens with zero attached hydrogens (tertiary/aromatic N) is 2. The summed E-state index contributed by atoms with van der Waals surface area (Å²) in [4.78, 5) is 2.85. The van der Waals surface area contributed by atoms with E-state index in [2.05, 4.69) is 5.16 Å². The zero-order valence-electron chi connectivity index (χ0n) is 10.7. The Labute approximate surface area is 124 Å². The van der Waals surface area contributed by atoms with Gasteiger partial charge in [0, 0.05) is 11.9 Å². The molecule has 3 N–H and O–H groups in total. The molecular weight excluding hydrogens is 301 g/mol. The Morgan fingerprint density at radius 3 is 2.80 bits per heavy atom. The van der Waals surface area contributed by atoms with Crippen LogP contribution in [0.15, 0.2) is 35.5 Å². The highest BCUT2D eigenvalue weighted by molar-refractivity contribution is 7.16. The lowest BCUT2D eigenvalue weighted by molar-refractivity contribution is 0.318. The number of benzene rings is 1. The summed E-state index contributed by atoms with van der Waals surface area (Å²) in [5.41, 5.74) is 6.18. The van der Waals surface area contributed by atoms with Crippen molar-refractivity contribution in [3.8, 4) is 0 Å². The molecule has 1 heterocycles. The second kappa shape index (κ2) is 6.11. The molecule has 7 heteroatoms. The Kier molecular flexibility index (Phi) is 4.46. The monoisotopic (exact) mass is 313 g/mol. The van der Waals surface area contributed by atoms with Crippen LogP contribution in [-0.2, 0) is 6.54 Å². The molecule has 0 radical (unpaired) electrons. The van der Waals surface area contributed by atoms with Gasteiger partial charge in [-0.2, -0.15) is 0 Å². The number of oxime groups is 1. The van der Waals surface area contributed by atoms with Crippen molar-refractivity contribution in [1.82, 2.24) is 0 Å². The first-order valence-corrected chi connectivity index (χ1v) is 6.94. The second-order valence-electron chi connectivity index (χ2n) is 4.18. The predicted octanol–water partition coefficient (Wildman–Crippen LogP) is 3.27. The van der Waals surface area contributed by atoms with Gasteiger partial charge in [-0.3, -0.25) is 0 Å². The van der Waals surface area contributed by atoms with Crippen molar-refractivity contribution in [2.24, 2.45) is 10.9 Å². The van der Waals surface area contributed by atoms with Crippen molar-refractivity contribution in [1.29, 1.82) is 0 Å². The molecule has 0 aliphatic rings. The molecule has 0 fully saturated rings. The Hall–Kier alpha value is -1.79. The van der Waals surface area contributed by atoms with Crippen LogP contribution in [0.1, 0.15) is 10.4 Å². The summed E-state index contributed by atoms with van der Waals surface area (Å²) in [6.07, 6.45) is 0. The highest BCUT2D eigenvalue weighted by atomic mass is 35.5. The zero-order chi connectivity index (χ0) is 14.7. The van der Waals surface area contributed by atoms with E-state index in [1.54, 1.807) is 19.2 Å². The van der Waals surface area contributed by atoms with Gasteiger partial charge < -0.3 is 15.8 Å². The van der Waals surface area contributed by atoms with Gasteiger partial charge in [-0.15, -0.1) is 11.3 Å². The van der Waals surface area contributed by atoms with Gasteiger partial charge in [0.25, 0.3) is 0 Å². The molecule has 2 aromatic rings. The molecule has 20 heavy (non-hydrogen) atoms. The largest absolute Gasteiger partial charge is 0.409 e. The topological polar surface area (TPSA) is 61.8 Å². The summed E-state index contributed by atoms with van der Waals surface area (Å²) in [6, 6.07) is 8.28. The third-order valence-electron chi connectivity index (χ3n) is 2.79. The number of amidine groups is 1. The van der Waals surface area contributed by atoms with E-state index < -0.39 is 5.82 Å². The summed E-state index contributed by atoms with van der Waals surface area (Å²) >= 11 is 7.34. The summed E-state index contributed by atoms with van der Waals surface area (Å²) in [6.45, 7) is 0.548. The van der Waals surface area contributed by atoms with Crippen LogP contribution in [0, 0.1) is 5.82 Å². The molecule has 0 saturated heterocycles. The highest BCUT2D eigenvalue weighted by Crippen LogP contribution is 2.27. The highest BCUT2D eigenvalue weighted by Gasteiger charge is 2.16. The fraction of sp³-hybridized carbons (Fsp3) is 0.154. The molecular formula is C13H13ClFN3OS. The van der Waals surface area contributed by atoms with Crippen molar-refractivity contribution in [2.45, 2.75) is 6.54 Å². The number of nitrogens with two attached hydrogens (primary N) is 1. The lowest BCUT2D eigenvalue weighted by Crippen LogP contribution is -2.23. The normalized spacial score (nSPS) is 11.7. The van der Waals surface area contributed by atoms with Crippen molar-refractivity contribution < 1.29 is 9.60 Å². The van der Waals surface area contributed by atoms with Crippen LogP contribution >= 0.6 is 22.9 Å². The van der Waals surface area contributed by atoms with E-state index in [4.69, 9.17) is 22.5 Å². The van der Waals surface area contributed by atoms with E-state index in [0.29, 0.717) is 16.6 Å². The average molecular weight is 314 g/mol. The molecule has 0 aliphatic carbocycles. The lowest BCUT2D eigenvalue weighted by atomic mass is 10.1. The average Bonchev–Trinajstić information content (AvgIpc) is 2.83. The third kappa shape index (κ3) is 3.02. The quantitative estimate of drug-likeness (QED) is 0.394. The first-order valence-electron chi connectivity index (χ1n) is 5.74. The maximum absolute atomic E-state index is 13.9. The molecule has 106 valence electrons. The van der Waals surface area contributed by atoms with E-state index in [-0.39, 0.29) is 11.4 Å². The third-order valence-corrected chi connectivity index (χ3v) is 4.00. The van der Waals surface area contributed by atoms with E-state index in [1.165, 1.54) is 17.4 Å². The summed E-state index contributed by atoms with van der Waals surface area (Å²) < 4.78 is 14.6. The minimum atomic E-state index is -0.533. The standard InChI is InChI=1S/C13H13ClFN3OS/c1-18(7-8-5-6-11(14)20-8)10-4-2-3-9(15)12(10)13(16)17-19/h2-6,19H,7H2,1H3,(H2,16,17). The second-order valence-corrected chi connectivity index (χ2v) is 5.98. The fourth-order valence-electron chi connectivity index (χ4n) is 1.89. The molecule has 0 amide bonds. The number of rotatable bonds is 4. The maximum atomic E-state index is 13.9. The SMILES string of the molecule is CN(Cc1ccc(Cl)s1)c1cccc(F)c1C(N)=NO. The van der Waals surface area contributed by atoms with Gasteiger partial charge in [0.05, 0.1) is 22.1 Å². The smallest absolute Gasteiger partial charge is 0.175 e. The number of hydrogen-bond acceptors (Lipinski definition) is 4. The Morgan fingerprint density at radius 2 is 2.20 bits per heavy atom. The first kappa shape index (κ1) is 14.6. The van der Waals surface area contributed by atoms with E-state index in [0.717, 1.165) is 4.88 Å². The van der Waals surface area contributed by atoms with Crippen LogP contribution < -0.4 is 10.6 Å². The number of hydrogen-bond donors (Lipinski definition) is 2. The molecule has 0 saturated carbocycles. The van der Waals surface area contributed by atoms with Gasteiger partial charge in [0.15, 0.2) is 5.84 Å². The zero-order valence-corrected chi connectivity index (χ0v) is 12.2. The van der Waals surface area contributed by atoms with Gasteiger partial charge in [0.2, 0.25) is 0 Å². The summed E-state index contributed by atoms with van der Waals surface area (Å²) in [5.74, 6) is -0.789. The molecule has 0 aliphatic heterocycles. The van der Waals surface area contributed by atoms with Gasteiger partial charge in [0.1, 0.15) is 5.82 Å². The van der Waals surface area contributed by atoms with Crippen LogP contribution in [0.25, 0.3) is 0 Å². The molecule has 1 aromatic heterocycles. The predicted molar refractivity (Wildman–Crippen MR) is 80.3 cm³/mol. The molecule has 2 rings (SSSR count). The van der Waals surface area contributed by atoms with Crippen LogP contribution in [0.2, 0.25) is 4.34 Å².